The van der Waals surface area contributed by atoms with Crippen molar-refractivity contribution in [3.63, 3.8) is 0 Å². The van der Waals surface area contributed by atoms with Crippen molar-refractivity contribution in [3.05, 3.63) is 0 Å². The van der Waals surface area contributed by atoms with Crippen LogP contribution in [-0.4, -0.2) is 115 Å². The van der Waals surface area contributed by atoms with Crippen LogP contribution in [0.3, 0.4) is 0 Å². The van der Waals surface area contributed by atoms with Crippen LogP contribution in [0.4, 0.5) is 0 Å². The zero-order chi connectivity index (χ0) is 18.6. The molecule has 11 nitrogen and oxygen atoms in total. The van der Waals surface area contributed by atoms with Crippen LogP contribution in [0.2, 0.25) is 0 Å². The summed E-state index contributed by atoms with van der Waals surface area (Å²) in [5.41, 5.74) is 0. The molecule has 0 saturated carbocycles. The Morgan fingerprint density at radius 2 is 1.67 bits per heavy atom. The summed E-state index contributed by atoms with van der Waals surface area (Å²) in [6.07, 6.45) is -15.7. The molecule has 0 radical (unpaired) electrons. The number of aliphatic hydroxyl groups excluding tert-OH is 8. The molecule has 0 aromatic carbocycles. The predicted octanol–water partition coefficient (Wildman–Crippen LogP) is -5.16. The van der Waals surface area contributed by atoms with Crippen LogP contribution in [0.25, 0.3) is 0 Å². The van der Waals surface area contributed by atoms with Gasteiger partial charge in [0.25, 0.3) is 0 Å². The average Bonchev–Trinajstić information content (AvgIpc) is 2.57. The van der Waals surface area contributed by atoms with Crippen LogP contribution in [0, 0.1) is 0 Å². The summed E-state index contributed by atoms with van der Waals surface area (Å²) >= 11 is 0. The third-order valence-corrected chi connectivity index (χ3v) is 3.78. The Hall–Kier alpha value is -0.730. The van der Waals surface area contributed by atoms with Crippen molar-refractivity contribution in [2.24, 2.45) is 0 Å². The third-order valence-electron chi connectivity index (χ3n) is 3.78. The molecular weight excluding hydrogens is 332 g/mol. The van der Waals surface area contributed by atoms with Crippen molar-refractivity contribution in [1.29, 1.82) is 0 Å². The fourth-order valence-corrected chi connectivity index (χ4v) is 2.26. The highest BCUT2D eigenvalue weighted by Gasteiger charge is 2.47. The highest BCUT2D eigenvalue weighted by molar-refractivity contribution is 5.80. The van der Waals surface area contributed by atoms with Gasteiger partial charge in [-0.3, -0.25) is 4.79 Å². The standard InChI is InChI=1S/C13H24O11/c1-4(16)7(18)10(21)12(5(17)2-14)24-13-11(22)9(20)8(19)6(3-15)23-13/h5-15,17-22H,2-3H2,1H3/t5-,6-,7+,8+,9+,10-,11-,12-,13?/m1/s1. The summed E-state index contributed by atoms with van der Waals surface area (Å²) in [5.74, 6) is -0.838. The van der Waals surface area contributed by atoms with Crippen molar-refractivity contribution in [2.75, 3.05) is 13.2 Å². The fraction of sp³-hybridized carbons (Fsp3) is 0.923. The van der Waals surface area contributed by atoms with Crippen LogP contribution in [0.1, 0.15) is 6.92 Å². The highest BCUT2D eigenvalue weighted by atomic mass is 16.7. The van der Waals surface area contributed by atoms with E-state index in [4.69, 9.17) is 19.7 Å². The summed E-state index contributed by atoms with van der Waals surface area (Å²) < 4.78 is 10.2. The number of carbonyl (C=O) groups is 1. The second-order valence-corrected chi connectivity index (χ2v) is 5.59. The van der Waals surface area contributed by atoms with Crippen LogP contribution in [0.5, 0.6) is 0 Å². The van der Waals surface area contributed by atoms with E-state index in [1.165, 1.54) is 0 Å². The number of carbonyl (C=O) groups excluding carboxylic acids is 1. The Morgan fingerprint density at radius 3 is 2.12 bits per heavy atom. The lowest BCUT2D eigenvalue weighted by atomic mass is 9.98. The van der Waals surface area contributed by atoms with Gasteiger partial charge in [-0.05, 0) is 6.92 Å². The molecule has 8 N–H and O–H groups in total. The molecule has 11 heteroatoms. The Kier molecular flexibility index (Phi) is 8.08. The minimum absolute atomic E-state index is 0.726. The van der Waals surface area contributed by atoms with Crippen LogP contribution in [0.15, 0.2) is 0 Å². The van der Waals surface area contributed by atoms with Crippen molar-refractivity contribution in [1.82, 2.24) is 0 Å². The number of ether oxygens (including phenoxy) is 2. The van der Waals surface area contributed by atoms with Gasteiger partial charge in [0.2, 0.25) is 0 Å². The third kappa shape index (κ3) is 4.67. The Labute approximate surface area is 137 Å². The van der Waals surface area contributed by atoms with E-state index in [1.54, 1.807) is 0 Å². The summed E-state index contributed by atoms with van der Waals surface area (Å²) in [5, 5.41) is 76.5. The quantitative estimate of drug-likeness (QED) is 0.207. The van der Waals surface area contributed by atoms with Gasteiger partial charge < -0.3 is 50.3 Å². The second-order valence-electron chi connectivity index (χ2n) is 5.59. The fourth-order valence-electron chi connectivity index (χ4n) is 2.26. The van der Waals surface area contributed by atoms with E-state index in [2.05, 4.69) is 0 Å². The van der Waals surface area contributed by atoms with Gasteiger partial charge in [0.1, 0.15) is 48.8 Å². The normalized spacial score (nSPS) is 36.0. The van der Waals surface area contributed by atoms with E-state index in [1.807, 2.05) is 0 Å². The molecule has 1 fully saturated rings. The monoisotopic (exact) mass is 356 g/mol. The predicted molar refractivity (Wildman–Crippen MR) is 74.4 cm³/mol. The molecule has 1 unspecified atom stereocenters. The lowest BCUT2D eigenvalue weighted by molar-refractivity contribution is -0.326. The van der Waals surface area contributed by atoms with Crippen molar-refractivity contribution >= 4 is 5.78 Å². The first-order valence-electron chi connectivity index (χ1n) is 7.27. The van der Waals surface area contributed by atoms with Crippen molar-refractivity contribution in [2.45, 2.75) is 62.0 Å². The molecule has 0 aromatic heterocycles. The van der Waals surface area contributed by atoms with Gasteiger partial charge in [-0.1, -0.05) is 0 Å². The van der Waals surface area contributed by atoms with Crippen LogP contribution >= 0.6 is 0 Å². The van der Waals surface area contributed by atoms with E-state index in [9.17, 15) is 35.4 Å². The minimum atomic E-state index is -1.97. The van der Waals surface area contributed by atoms with Gasteiger partial charge in [-0.25, -0.2) is 0 Å². The molecule has 0 bridgehead atoms. The zero-order valence-corrected chi connectivity index (χ0v) is 12.9. The van der Waals surface area contributed by atoms with Crippen LogP contribution in [-0.2, 0) is 14.3 Å². The highest BCUT2D eigenvalue weighted by Crippen LogP contribution is 2.25. The van der Waals surface area contributed by atoms with E-state index in [-0.39, 0.29) is 0 Å². The zero-order valence-electron chi connectivity index (χ0n) is 12.9. The van der Waals surface area contributed by atoms with Crippen molar-refractivity contribution < 1.29 is 55.1 Å². The Morgan fingerprint density at radius 1 is 1.08 bits per heavy atom. The number of rotatable bonds is 8. The van der Waals surface area contributed by atoms with E-state index in [0.29, 0.717) is 0 Å². The maximum atomic E-state index is 11.2. The first kappa shape index (κ1) is 21.3. The van der Waals surface area contributed by atoms with E-state index >= 15 is 0 Å². The van der Waals surface area contributed by atoms with Gasteiger partial charge in [-0.15, -0.1) is 0 Å². The molecule has 1 rings (SSSR count). The number of Topliss-reactive ketones (excluding diaryl/α,β-unsaturated/α-hetero) is 1. The van der Waals surface area contributed by atoms with E-state index < -0.39 is 74.1 Å². The molecule has 1 aliphatic rings. The molecule has 0 aromatic rings. The average molecular weight is 356 g/mol. The summed E-state index contributed by atoms with van der Waals surface area (Å²) in [6, 6.07) is 0. The maximum absolute atomic E-state index is 11.2. The first-order chi connectivity index (χ1) is 11.1. The van der Waals surface area contributed by atoms with Crippen LogP contribution < -0.4 is 0 Å². The smallest absolute Gasteiger partial charge is 0.187 e. The topological polar surface area (TPSA) is 197 Å². The van der Waals surface area contributed by atoms with Crippen molar-refractivity contribution in [3.8, 4) is 0 Å². The molecule has 9 atom stereocenters. The van der Waals surface area contributed by atoms with Gasteiger partial charge in [0.15, 0.2) is 12.1 Å². The van der Waals surface area contributed by atoms with Gasteiger partial charge in [-0.2, -0.15) is 0 Å². The van der Waals surface area contributed by atoms with Gasteiger partial charge in [0, 0.05) is 0 Å². The minimum Gasteiger partial charge on any atom is -0.394 e. The molecule has 1 heterocycles. The summed E-state index contributed by atoms with van der Waals surface area (Å²) in [4.78, 5) is 11.2. The first-order valence-corrected chi connectivity index (χ1v) is 7.27. The van der Waals surface area contributed by atoms with E-state index in [0.717, 1.165) is 6.92 Å². The molecule has 24 heavy (non-hydrogen) atoms. The lowest BCUT2D eigenvalue weighted by Crippen LogP contribution is -2.61. The molecule has 0 aliphatic carbocycles. The number of aliphatic hydroxyl groups is 8. The molecule has 1 saturated heterocycles. The molecular formula is C13H24O11. The largest absolute Gasteiger partial charge is 0.394 e. The number of ketones is 1. The van der Waals surface area contributed by atoms with Gasteiger partial charge in [0.05, 0.1) is 13.2 Å². The molecule has 142 valence electrons. The molecule has 1 aliphatic heterocycles. The summed E-state index contributed by atoms with van der Waals surface area (Å²) in [7, 11) is 0. The SMILES string of the molecule is CC(=O)[C@H](O)[C@@H](O)[C@H](OC1O[C@H](CO)[C@H](O)[C@H](O)[C@H]1O)[C@H](O)CO. The van der Waals surface area contributed by atoms with Gasteiger partial charge >= 0.3 is 0 Å². The number of hydrogen-bond donors (Lipinski definition) is 8. The lowest BCUT2D eigenvalue weighted by Gasteiger charge is -2.42. The maximum Gasteiger partial charge on any atom is 0.187 e. The number of hydrogen-bond acceptors (Lipinski definition) is 11. The Balaban J connectivity index is 2.94. The Bertz CT molecular complexity index is 403. The summed E-state index contributed by atoms with van der Waals surface area (Å²) in [6.45, 7) is -0.662. The second kappa shape index (κ2) is 9.10. The molecule has 0 spiro atoms. The molecule has 0 amide bonds.